The van der Waals surface area contributed by atoms with Gasteiger partial charge in [0.2, 0.25) is 0 Å². The lowest BCUT2D eigenvalue weighted by atomic mass is 10.2. The van der Waals surface area contributed by atoms with Crippen LogP contribution in [0.15, 0.2) is 42.7 Å². The van der Waals surface area contributed by atoms with Crippen molar-refractivity contribution in [3.05, 3.63) is 48.3 Å². The average Bonchev–Trinajstić information content (AvgIpc) is 2.88. The molecule has 1 heterocycles. The number of nitrogens with zero attached hydrogens (tertiary/aromatic N) is 2. The largest absolute Gasteiger partial charge is 0.396 e. The van der Waals surface area contributed by atoms with Gasteiger partial charge in [-0.25, -0.2) is 4.68 Å². The molecule has 0 aliphatic carbocycles. The Balaban J connectivity index is 1.91. The summed E-state index contributed by atoms with van der Waals surface area (Å²) in [5.41, 5.74) is 2.30. The maximum absolute atomic E-state index is 8.95. The van der Waals surface area contributed by atoms with Gasteiger partial charge in [0, 0.05) is 24.1 Å². The van der Waals surface area contributed by atoms with Gasteiger partial charge < -0.3 is 5.11 Å². The number of aliphatic hydroxyl groups excluding tert-OH is 1. The van der Waals surface area contributed by atoms with Gasteiger partial charge in [-0.05, 0) is 23.8 Å². The average molecular weight is 262 g/mol. The van der Waals surface area contributed by atoms with Crippen molar-refractivity contribution in [1.82, 2.24) is 9.78 Å². The van der Waals surface area contributed by atoms with Crippen LogP contribution in [0.2, 0.25) is 0 Å². The Kier molecular flexibility index (Phi) is 4.84. The number of hydrogen-bond acceptors (Lipinski definition) is 3. The van der Waals surface area contributed by atoms with E-state index in [4.69, 9.17) is 5.11 Å². The molecule has 1 atom stereocenters. The van der Waals surface area contributed by atoms with Crippen molar-refractivity contribution < 1.29 is 5.11 Å². The van der Waals surface area contributed by atoms with E-state index in [1.807, 2.05) is 53.0 Å². The highest BCUT2D eigenvalue weighted by Crippen LogP contribution is 2.16. The van der Waals surface area contributed by atoms with Gasteiger partial charge in [0.15, 0.2) is 0 Å². The Morgan fingerprint density at radius 3 is 2.83 bits per heavy atom. The minimum Gasteiger partial charge on any atom is -0.396 e. The van der Waals surface area contributed by atoms with E-state index in [0.29, 0.717) is 5.92 Å². The van der Waals surface area contributed by atoms with Crippen LogP contribution in [0.25, 0.3) is 5.69 Å². The van der Waals surface area contributed by atoms with Crippen molar-refractivity contribution in [2.24, 2.45) is 5.92 Å². The standard InChI is InChI=1S/C14H18N2OS/c1-12(9-17)10-18-11-13-7-15-16(8-13)14-5-3-2-4-6-14/h2-8,12,17H,9-11H2,1H3. The zero-order valence-corrected chi connectivity index (χ0v) is 11.3. The first kappa shape index (κ1) is 13.2. The van der Waals surface area contributed by atoms with E-state index >= 15 is 0 Å². The predicted octanol–water partition coefficient (Wildman–Crippen LogP) is 2.73. The molecule has 0 aliphatic rings. The van der Waals surface area contributed by atoms with Gasteiger partial charge >= 0.3 is 0 Å². The molecule has 0 aliphatic heterocycles. The lowest BCUT2D eigenvalue weighted by Crippen LogP contribution is -2.03. The molecule has 0 spiro atoms. The Labute approximate surface area is 112 Å². The number of para-hydroxylation sites is 1. The Bertz CT molecular complexity index is 470. The van der Waals surface area contributed by atoms with Crippen LogP contribution in [-0.2, 0) is 5.75 Å². The van der Waals surface area contributed by atoms with Gasteiger partial charge in [0.1, 0.15) is 0 Å². The Hall–Kier alpha value is -1.26. The zero-order chi connectivity index (χ0) is 12.8. The molecule has 1 aromatic heterocycles. The number of hydrogen-bond donors (Lipinski definition) is 1. The second-order valence-electron chi connectivity index (χ2n) is 4.43. The van der Waals surface area contributed by atoms with E-state index in [9.17, 15) is 0 Å². The first-order chi connectivity index (χ1) is 8.79. The second kappa shape index (κ2) is 6.61. The number of thioether (sulfide) groups is 1. The molecule has 4 heteroatoms. The van der Waals surface area contributed by atoms with Crippen LogP contribution in [-0.4, -0.2) is 27.2 Å². The molecule has 3 nitrogen and oxygen atoms in total. The molecule has 0 fully saturated rings. The maximum Gasteiger partial charge on any atom is 0.0645 e. The molecular formula is C14H18N2OS. The number of benzene rings is 1. The molecular weight excluding hydrogens is 244 g/mol. The monoisotopic (exact) mass is 262 g/mol. The molecule has 0 bridgehead atoms. The third kappa shape index (κ3) is 3.62. The lowest BCUT2D eigenvalue weighted by Gasteiger charge is -2.05. The molecule has 1 aromatic carbocycles. The number of rotatable bonds is 6. The van der Waals surface area contributed by atoms with Crippen molar-refractivity contribution in [3.8, 4) is 5.69 Å². The summed E-state index contributed by atoms with van der Waals surface area (Å²) in [6.07, 6.45) is 3.97. The summed E-state index contributed by atoms with van der Waals surface area (Å²) in [4.78, 5) is 0. The highest BCUT2D eigenvalue weighted by atomic mass is 32.2. The van der Waals surface area contributed by atoms with Crippen molar-refractivity contribution in [3.63, 3.8) is 0 Å². The molecule has 1 N–H and O–H groups in total. The highest BCUT2D eigenvalue weighted by molar-refractivity contribution is 7.98. The topological polar surface area (TPSA) is 38.1 Å². The van der Waals surface area contributed by atoms with Gasteiger partial charge in [-0.2, -0.15) is 16.9 Å². The summed E-state index contributed by atoms with van der Waals surface area (Å²) in [6.45, 7) is 2.32. The van der Waals surface area contributed by atoms with Crippen LogP contribution < -0.4 is 0 Å². The number of aromatic nitrogens is 2. The van der Waals surface area contributed by atoms with Gasteiger partial charge in [-0.15, -0.1) is 0 Å². The predicted molar refractivity (Wildman–Crippen MR) is 76.0 cm³/mol. The normalized spacial score (nSPS) is 12.6. The molecule has 0 amide bonds. The summed E-state index contributed by atoms with van der Waals surface area (Å²) in [7, 11) is 0. The first-order valence-electron chi connectivity index (χ1n) is 6.07. The third-order valence-electron chi connectivity index (χ3n) is 2.64. The van der Waals surface area contributed by atoms with E-state index in [1.54, 1.807) is 0 Å². The van der Waals surface area contributed by atoms with Crippen LogP contribution in [0, 0.1) is 5.92 Å². The van der Waals surface area contributed by atoms with E-state index in [2.05, 4.69) is 18.2 Å². The van der Waals surface area contributed by atoms with Crippen LogP contribution >= 0.6 is 11.8 Å². The highest BCUT2D eigenvalue weighted by Gasteiger charge is 2.03. The molecule has 0 saturated carbocycles. The Morgan fingerprint density at radius 1 is 1.33 bits per heavy atom. The van der Waals surface area contributed by atoms with Crippen molar-refractivity contribution >= 4 is 11.8 Å². The lowest BCUT2D eigenvalue weighted by molar-refractivity contribution is 0.250. The smallest absolute Gasteiger partial charge is 0.0645 e. The van der Waals surface area contributed by atoms with E-state index in [0.717, 1.165) is 17.2 Å². The van der Waals surface area contributed by atoms with Gasteiger partial charge in [-0.1, -0.05) is 25.1 Å². The van der Waals surface area contributed by atoms with Gasteiger partial charge in [-0.3, -0.25) is 0 Å². The molecule has 0 saturated heterocycles. The van der Waals surface area contributed by atoms with E-state index in [1.165, 1.54) is 5.56 Å². The summed E-state index contributed by atoms with van der Waals surface area (Å²) < 4.78 is 1.89. The summed E-state index contributed by atoms with van der Waals surface area (Å²) >= 11 is 1.83. The second-order valence-corrected chi connectivity index (χ2v) is 5.46. The molecule has 2 aromatic rings. The summed E-state index contributed by atoms with van der Waals surface area (Å²) in [6, 6.07) is 10.1. The molecule has 18 heavy (non-hydrogen) atoms. The summed E-state index contributed by atoms with van der Waals surface area (Å²) in [5, 5.41) is 13.3. The molecule has 2 rings (SSSR count). The minimum atomic E-state index is 0.260. The van der Waals surface area contributed by atoms with Crippen LogP contribution in [0.5, 0.6) is 0 Å². The van der Waals surface area contributed by atoms with Gasteiger partial charge in [0.05, 0.1) is 11.9 Å². The fourth-order valence-electron chi connectivity index (χ4n) is 1.59. The van der Waals surface area contributed by atoms with Crippen molar-refractivity contribution in [2.45, 2.75) is 12.7 Å². The maximum atomic E-state index is 8.95. The summed E-state index contributed by atoms with van der Waals surface area (Å²) in [5.74, 6) is 2.28. The van der Waals surface area contributed by atoms with E-state index in [-0.39, 0.29) is 6.61 Å². The van der Waals surface area contributed by atoms with Crippen molar-refractivity contribution in [1.29, 1.82) is 0 Å². The Morgan fingerprint density at radius 2 is 2.11 bits per heavy atom. The fraction of sp³-hybridized carbons (Fsp3) is 0.357. The SMILES string of the molecule is CC(CO)CSCc1cnn(-c2ccccc2)c1. The zero-order valence-electron chi connectivity index (χ0n) is 10.5. The van der Waals surface area contributed by atoms with Gasteiger partial charge in [0.25, 0.3) is 0 Å². The minimum absolute atomic E-state index is 0.260. The van der Waals surface area contributed by atoms with Crippen LogP contribution in [0.4, 0.5) is 0 Å². The first-order valence-corrected chi connectivity index (χ1v) is 7.22. The molecule has 0 radical (unpaired) electrons. The fourth-order valence-corrected chi connectivity index (χ4v) is 2.60. The van der Waals surface area contributed by atoms with Crippen molar-refractivity contribution in [2.75, 3.05) is 12.4 Å². The molecule has 1 unspecified atom stereocenters. The van der Waals surface area contributed by atoms with E-state index < -0.39 is 0 Å². The van der Waals surface area contributed by atoms with Crippen LogP contribution in [0.1, 0.15) is 12.5 Å². The molecule has 96 valence electrons. The number of aliphatic hydroxyl groups is 1. The van der Waals surface area contributed by atoms with Crippen LogP contribution in [0.3, 0.4) is 0 Å². The third-order valence-corrected chi connectivity index (χ3v) is 3.98. The quantitative estimate of drug-likeness (QED) is 0.870.